The third-order valence-corrected chi connectivity index (χ3v) is 6.58. The van der Waals surface area contributed by atoms with Crippen LogP contribution in [0.5, 0.6) is 0 Å². The molecule has 25 heavy (non-hydrogen) atoms. The Labute approximate surface area is 152 Å². The van der Waals surface area contributed by atoms with Crippen LogP contribution in [0, 0.1) is 0 Å². The Morgan fingerprint density at radius 1 is 0.720 bits per heavy atom. The first-order valence-electron chi connectivity index (χ1n) is 9.72. The van der Waals surface area contributed by atoms with Gasteiger partial charge in [-0.3, -0.25) is 0 Å². The highest BCUT2D eigenvalue weighted by atomic mass is 32.2. The van der Waals surface area contributed by atoms with Crippen LogP contribution >= 0.6 is 0 Å². The van der Waals surface area contributed by atoms with E-state index in [1.165, 1.54) is 0 Å². The molecule has 2 fully saturated rings. The third-order valence-electron chi connectivity index (χ3n) is 4.76. The summed E-state index contributed by atoms with van der Waals surface area (Å²) < 4.78 is 45.7. The Kier molecular flexibility index (Phi) is 9.13. The molecule has 7 heteroatoms. The largest absolute Gasteiger partial charge is 0.381 e. The number of hydrogen-bond donors (Lipinski definition) is 0. The Bertz CT molecular complexity index is 430. The van der Waals surface area contributed by atoms with E-state index in [-0.39, 0.29) is 11.5 Å². The monoisotopic (exact) mass is 378 g/mol. The minimum absolute atomic E-state index is 0.193. The average molecular weight is 379 g/mol. The van der Waals surface area contributed by atoms with Crippen LogP contribution in [-0.4, -0.2) is 70.8 Å². The van der Waals surface area contributed by atoms with Crippen LogP contribution in [0.25, 0.3) is 0 Å². The van der Waals surface area contributed by atoms with E-state index >= 15 is 0 Å². The Morgan fingerprint density at radius 3 is 1.52 bits per heavy atom. The van der Waals surface area contributed by atoms with E-state index in [4.69, 9.17) is 18.9 Å². The molecule has 2 aliphatic heterocycles. The first kappa shape index (κ1) is 21.1. The van der Waals surface area contributed by atoms with Gasteiger partial charge in [0.05, 0.1) is 35.9 Å². The molecule has 0 spiro atoms. The predicted molar refractivity (Wildman–Crippen MR) is 96.7 cm³/mol. The molecule has 2 heterocycles. The van der Waals surface area contributed by atoms with Crippen LogP contribution in [0.2, 0.25) is 0 Å². The molecule has 0 saturated carbocycles. The summed E-state index contributed by atoms with van der Waals surface area (Å²) in [6.07, 6.45) is 6.59. The average Bonchev–Trinajstić information content (AvgIpc) is 3.49. The minimum atomic E-state index is -3.00. The predicted octanol–water partition coefficient (Wildman–Crippen LogP) is 2.35. The van der Waals surface area contributed by atoms with E-state index in [1.807, 2.05) is 0 Å². The third kappa shape index (κ3) is 8.82. The Hall–Kier alpha value is -0.210. The summed E-state index contributed by atoms with van der Waals surface area (Å²) in [7, 11) is -3.00. The summed E-state index contributed by atoms with van der Waals surface area (Å²) in [4.78, 5) is 0. The summed E-state index contributed by atoms with van der Waals surface area (Å²) in [5, 5.41) is 0. The maximum absolute atomic E-state index is 11.9. The topological polar surface area (TPSA) is 77.7 Å². The molecular weight excluding hydrogens is 344 g/mol. The number of sulfone groups is 1. The van der Waals surface area contributed by atoms with Crippen molar-refractivity contribution in [2.45, 2.75) is 76.8 Å². The Balaban J connectivity index is 1.36. The second-order valence-electron chi connectivity index (χ2n) is 6.90. The van der Waals surface area contributed by atoms with Crippen LogP contribution < -0.4 is 0 Å². The summed E-state index contributed by atoms with van der Waals surface area (Å²) in [6.45, 7) is 6.53. The molecule has 0 aliphatic carbocycles. The number of ether oxygens (including phenoxy) is 4. The number of epoxide rings is 2. The van der Waals surface area contributed by atoms with Crippen LogP contribution in [0.1, 0.15) is 52.4 Å². The zero-order chi connectivity index (χ0) is 18.1. The van der Waals surface area contributed by atoms with Crippen molar-refractivity contribution < 1.29 is 27.4 Å². The summed E-state index contributed by atoms with van der Waals surface area (Å²) in [6, 6.07) is 0. The van der Waals surface area contributed by atoms with E-state index in [1.54, 1.807) is 0 Å². The van der Waals surface area contributed by atoms with E-state index in [0.29, 0.717) is 63.7 Å². The lowest BCUT2D eigenvalue weighted by Crippen LogP contribution is -2.15. The normalized spacial score (nSPS) is 28.2. The van der Waals surface area contributed by atoms with Gasteiger partial charge in [0.1, 0.15) is 9.84 Å². The van der Waals surface area contributed by atoms with E-state index < -0.39 is 9.84 Å². The standard InChI is InChI=1S/C18H34O6S/c1-3-15-17(23-15)7-11-21-9-5-13-25(19,20)14-6-10-22-12-8-18-16(4-2)24-18/h15-18H,3-14H2,1-2H3. The van der Waals surface area contributed by atoms with Crippen LogP contribution in [-0.2, 0) is 28.8 Å². The highest BCUT2D eigenvalue weighted by Gasteiger charge is 2.36. The van der Waals surface area contributed by atoms with Crippen LogP contribution in [0.4, 0.5) is 0 Å². The summed E-state index contributed by atoms with van der Waals surface area (Å²) in [5.41, 5.74) is 0. The van der Waals surface area contributed by atoms with Crippen molar-refractivity contribution in [2.75, 3.05) is 37.9 Å². The van der Waals surface area contributed by atoms with Gasteiger partial charge in [0.15, 0.2) is 0 Å². The lowest BCUT2D eigenvalue weighted by molar-refractivity contribution is 0.125. The summed E-state index contributed by atoms with van der Waals surface area (Å²) in [5.74, 6) is 0.386. The first-order valence-corrected chi connectivity index (χ1v) is 11.5. The van der Waals surface area contributed by atoms with Crippen molar-refractivity contribution in [1.29, 1.82) is 0 Å². The van der Waals surface area contributed by atoms with Gasteiger partial charge in [-0.1, -0.05) is 13.8 Å². The van der Waals surface area contributed by atoms with Gasteiger partial charge in [0.2, 0.25) is 0 Å². The molecule has 6 nitrogen and oxygen atoms in total. The van der Waals surface area contributed by atoms with E-state index in [2.05, 4.69) is 13.8 Å². The second-order valence-corrected chi connectivity index (χ2v) is 9.21. The molecule has 148 valence electrons. The van der Waals surface area contributed by atoms with Crippen molar-refractivity contribution in [1.82, 2.24) is 0 Å². The lowest BCUT2D eigenvalue weighted by atomic mass is 10.2. The molecule has 2 saturated heterocycles. The van der Waals surface area contributed by atoms with Gasteiger partial charge in [-0.05, 0) is 38.5 Å². The van der Waals surface area contributed by atoms with Gasteiger partial charge in [-0.15, -0.1) is 0 Å². The number of rotatable bonds is 16. The van der Waals surface area contributed by atoms with Gasteiger partial charge in [-0.25, -0.2) is 8.42 Å². The molecule has 0 aromatic heterocycles. The highest BCUT2D eigenvalue weighted by Crippen LogP contribution is 2.28. The summed E-state index contributed by atoms with van der Waals surface area (Å²) >= 11 is 0. The van der Waals surface area contributed by atoms with Crippen molar-refractivity contribution in [3.8, 4) is 0 Å². The van der Waals surface area contributed by atoms with Crippen molar-refractivity contribution >= 4 is 9.84 Å². The maximum Gasteiger partial charge on any atom is 0.150 e. The van der Waals surface area contributed by atoms with E-state index in [0.717, 1.165) is 25.7 Å². The first-order chi connectivity index (χ1) is 12.1. The molecule has 0 aromatic rings. The zero-order valence-electron chi connectivity index (χ0n) is 15.7. The molecule has 0 amide bonds. The highest BCUT2D eigenvalue weighted by molar-refractivity contribution is 7.91. The smallest absolute Gasteiger partial charge is 0.150 e. The fraction of sp³-hybridized carbons (Fsp3) is 1.00. The Morgan fingerprint density at radius 2 is 1.16 bits per heavy atom. The van der Waals surface area contributed by atoms with Crippen molar-refractivity contribution in [3.63, 3.8) is 0 Å². The van der Waals surface area contributed by atoms with Gasteiger partial charge < -0.3 is 18.9 Å². The molecule has 4 unspecified atom stereocenters. The van der Waals surface area contributed by atoms with Crippen LogP contribution in [0.3, 0.4) is 0 Å². The van der Waals surface area contributed by atoms with E-state index in [9.17, 15) is 8.42 Å². The maximum atomic E-state index is 11.9. The van der Waals surface area contributed by atoms with Gasteiger partial charge in [0.25, 0.3) is 0 Å². The minimum Gasteiger partial charge on any atom is -0.381 e. The van der Waals surface area contributed by atoms with Gasteiger partial charge in [-0.2, -0.15) is 0 Å². The van der Waals surface area contributed by atoms with Gasteiger partial charge >= 0.3 is 0 Å². The molecule has 0 aromatic carbocycles. The molecule has 0 N–H and O–H groups in total. The fourth-order valence-electron chi connectivity index (χ4n) is 3.05. The molecule has 0 bridgehead atoms. The zero-order valence-corrected chi connectivity index (χ0v) is 16.5. The molecule has 0 radical (unpaired) electrons. The molecular formula is C18H34O6S. The quantitative estimate of drug-likeness (QED) is 0.303. The molecule has 2 aliphatic rings. The SMILES string of the molecule is CCC1OC1CCOCCCS(=O)(=O)CCCOCCC1OC1CC. The molecule has 2 rings (SSSR count). The van der Waals surface area contributed by atoms with Crippen molar-refractivity contribution in [3.05, 3.63) is 0 Å². The molecule has 4 atom stereocenters. The van der Waals surface area contributed by atoms with Crippen molar-refractivity contribution in [2.24, 2.45) is 0 Å². The van der Waals surface area contributed by atoms with Crippen LogP contribution in [0.15, 0.2) is 0 Å². The van der Waals surface area contributed by atoms with Gasteiger partial charge in [0, 0.05) is 26.4 Å². The fourth-order valence-corrected chi connectivity index (χ4v) is 4.37. The lowest BCUT2D eigenvalue weighted by Gasteiger charge is -2.06. The second kappa shape index (κ2) is 10.8. The number of hydrogen-bond acceptors (Lipinski definition) is 6.